The zero-order chi connectivity index (χ0) is 37.4. The van der Waals surface area contributed by atoms with Crippen LogP contribution in [0.1, 0.15) is 0 Å². The molecule has 0 spiro atoms. The average Bonchev–Trinajstić information content (AvgIpc) is 3.16. The van der Waals surface area contributed by atoms with Crippen LogP contribution in [0.2, 0.25) is 0 Å². The summed E-state index contributed by atoms with van der Waals surface area (Å²) in [5.41, 5.74) is 0. The maximum atomic E-state index is 8.19. The highest BCUT2D eigenvalue weighted by atomic mass is 14.2. The Bertz CT molecular complexity index is 2990. The minimum absolute atomic E-state index is 1.62. The fraction of sp³-hybridized carbons (Fsp3) is 0. The molecule has 0 N–H and O–H groups in total. The predicted octanol–water partition coefficient (Wildman–Crippen LogP) is 0.225. The Labute approximate surface area is 306 Å². The van der Waals surface area contributed by atoms with Crippen molar-refractivity contribution < 1.29 is 0 Å². The van der Waals surface area contributed by atoms with Gasteiger partial charge in [0.15, 0.2) is 6.07 Å². The second-order valence-electron chi connectivity index (χ2n) is 6.26. The molecule has 0 rings (SSSR count). The summed E-state index contributed by atoms with van der Waals surface area (Å²) >= 11 is 0. The van der Waals surface area contributed by atoms with Crippen molar-refractivity contribution in [1.29, 1.82) is 5.26 Å². The molecule has 210 valence electrons. The van der Waals surface area contributed by atoms with E-state index in [-0.39, 0.29) is 0 Å². The van der Waals surface area contributed by atoms with E-state index in [2.05, 4.69) is 290 Å². The molecule has 52 heavy (non-hydrogen) atoms. The van der Waals surface area contributed by atoms with Gasteiger partial charge in [-0.3, -0.25) is 0 Å². The third kappa shape index (κ3) is 38.5. The number of hydrogen-bond donors (Lipinski definition) is 0. The normalized spacial score (nSPS) is 3.88. The summed E-state index contributed by atoms with van der Waals surface area (Å²) in [4.78, 5) is 0. The van der Waals surface area contributed by atoms with E-state index in [1.54, 1.807) is 6.07 Å². The monoisotopic (exact) mass is 627 g/mol. The third-order valence-electron chi connectivity index (χ3n) is 3.07. The van der Waals surface area contributed by atoms with Gasteiger partial charge >= 0.3 is 0 Å². The van der Waals surface area contributed by atoms with E-state index in [9.17, 15) is 0 Å². The molecule has 0 unspecified atom stereocenters. The van der Waals surface area contributed by atoms with Crippen molar-refractivity contribution in [2.75, 3.05) is 0 Å². The van der Waals surface area contributed by atoms with Crippen LogP contribution in [0.4, 0.5) is 0 Å². The van der Waals surface area contributed by atoms with Crippen LogP contribution in [0.25, 0.3) is 0 Å². The van der Waals surface area contributed by atoms with E-state index in [1.165, 1.54) is 0 Å². The van der Waals surface area contributed by atoms with Gasteiger partial charge in [0.05, 0.1) is 0 Å². The number of nitriles is 1. The quantitative estimate of drug-likeness (QED) is 0.353. The summed E-state index contributed by atoms with van der Waals surface area (Å²) in [6.07, 6.45) is 4.94. The fourth-order valence-corrected chi connectivity index (χ4v) is 1.50. The van der Waals surface area contributed by atoms with Crippen molar-refractivity contribution in [1.82, 2.24) is 0 Å². The highest BCUT2D eigenvalue weighted by molar-refractivity contribution is 5.51. The summed E-state index contributed by atoms with van der Waals surface area (Å²) in [6, 6.07) is 1.62. The van der Waals surface area contributed by atoms with Crippen LogP contribution in [-0.2, 0) is 0 Å². The van der Waals surface area contributed by atoms with Crippen LogP contribution in [0.15, 0.2) is 0 Å². The first-order chi connectivity index (χ1) is 25.9. The van der Waals surface area contributed by atoms with E-state index in [4.69, 9.17) is 11.7 Å². The maximum Gasteiger partial charge on any atom is 0.153 e. The van der Waals surface area contributed by atoms with Crippen LogP contribution < -0.4 is 0 Å². The lowest BCUT2D eigenvalue weighted by molar-refractivity contribution is 1.55. The molecule has 0 saturated carbocycles. The number of terminal acetylenes is 1. The van der Waals surface area contributed by atoms with Gasteiger partial charge in [0.1, 0.15) is 0 Å². The van der Waals surface area contributed by atoms with Crippen LogP contribution in [0.5, 0.6) is 0 Å². The van der Waals surface area contributed by atoms with E-state index in [0.717, 1.165) is 0 Å². The minimum Gasteiger partial charge on any atom is -0.183 e. The Balaban J connectivity index is 4.57. The van der Waals surface area contributed by atoms with Gasteiger partial charge in [-0.25, -0.2) is 0 Å². The predicted molar refractivity (Wildman–Crippen MR) is 201 cm³/mol. The molecule has 0 fully saturated rings. The Hall–Kier alpha value is -11.5. The highest BCUT2D eigenvalue weighted by Gasteiger charge is 1.62. The number of hydrogen-bond acceptors (Lipinski definition) is 1. The molecule has 0 bridgehead atoms. The smallest absolute Gasteiger partial charge is 0.153 e. The van der Waals surface area contributed by atoms with Crippen LogP contribution in [0.3, 0.4) is 0 Å². The third-order valence-corrected chi connectivity index (χ3v) is 3.07. The lowest BCUT2D eigenvalue weighted by Gasteiger charge is -1.57. The summed E-state index contributed by atoms with van der Waals surface area (Å²) in [5.74, 6) is 120. The van der Waals surface area contributed by atoms with Crippen molar-refractivity contribution in [3.05, 3.63) is 0 Å². The SMILES string of the molecule is C#CC#CC#CC#CC#CC#CC#CC#CC#CC#CC#CC#CC#CC#CC#CC#CC#CC#CC#CC#CC#CC#CC#CC#CC#CC#N. The molecule has 0 atom stereocenters. The zero-order valence-electron chi connectivity index (χ0n) is 26.0. The highest BCUT2D eigenvalue weighted by Crippen LogP contribution is 1.62. The molecule has 0 aromatic carbocycles. The summed E-state index contributed by atoms with van der Waals surface area (Å²) in [6.45, 7) is 0. The summed E-state index contributed by atoms with van der Waals surface area (Å²) < 4.78 is 0. The largest absolute Gasteiger partial charge is 0.183 e. The number of nitrogens with zero attached hydrogens (tertiary/aromatic N) is 1. The maximum absolute atomic E-state index is 8.19. The molecule has 0 radical (unpaired) electrons. The van der Waals surface area contributed by atoms with Crippen LogP contribution >= 0.6 is 0 Å². The first-order valence-electron chi connectivity index (χ1n) is 12.8. The van der Waals surface area contributed by atoms with Gasteiger partial charge in [-0.1, -0.05) is 0 Å². The molecular weight excluding hydrogens is 627 g/mol. The summed E-state index contributed by atoms with van der Waals surface area (Å²) in [7, 11) is 0. The first kappa shape index (κ1) is 40.5. The van der Waals surface area contributed by atoms with Crippen LogP contribution in [-0.4, -0.2) is 0 Å². The minimum atomic E-state index is 1.62. The van der Waals surface area contributed by atoms with Crippen molar-refractivity contribution in [3.8, 4) is 303 Å². The molecule has 0 aliphatic heterocycles. The van der Waals surface area contributed by atoms with Gasteiger partial charge in [0, 0.05) is 243 Å². The molecule has 0 aliphatic carbocycles. The Morgan fingerprint density at radius 3 is 0.346 bits per heavy atom. The molecule has 0 amide bonds. The Morgan fingerprint density at radius 2 is 0.250 bits per heavy atom. The number of rotatable bonds is 0. The van der Waals surface area contributed by atoms with Gasteiger partial charge < -0.3 is 0 Å². The summed E-state index contributed by atoms with van der Waals surface area (Å²) in [5, 5.41) is 8.19. The van der Waals surface area contributed by atoms with Gasteiger partial charge in [-0.05, 0) is 47.4 Å². The van der Waals surface area contributed by atoms with Gasteiger partial charge in [-0.15, -0.1) is 6.42 Å². The van der Waals surface area contributed by atoms with Gasteiger partial charge in [0.2, 0.25) is 0 Å². The topological polar surface area (TPSA) is 23.8 Å². The lowest BCUT2D eigenvalue weighted by Crippen LogP contribution is -1.57. The van der Waals surface area contributed by atoms with E-state index < -0.39 is 0 Å². The van der Waals surface area contributed by atoms with Crippen molar-refractivity contribution in [2.45, 2.75) is 0 Å². The van der Waals surface area contributed by atoms with Crippen molar-refractivity contribution in [2.24, 2.45) is 0 Å². The van der Waals surface area contributed by atoms with E-state index in [1.807, 2.05) is 0 Å². The molecule has 0 aromatic heterocycles. The molecule has 0 aromatic rings. The second kappa shape index (κ2) is 39.5. The standard InChI is InChI=1S/C51HN/c1-2-3-4-5-6-7-8-9-10-11-12-13-14-15-16-17-18-19-20-21-22-23-24-25-26-27-28-29-30-31-32-33-34-35-36-37-38-39-40-41-42-43-44-45-46-47-48-49-50-51-52/h1H. The van der Waals surface area contributed by atoms with Gasteiger partial charge in [-0.2, -0.15) is 5.26 Å². The fourth-order valence-electron chi connectivity index (χ4n) is 1.50. The molecule has 0 aliphatic rings. The Kier molecular flexibility index (Phi) is 30.7. The van der Waals surface area contributed by atoms with Crippen molar-refractivity contribution in [3.63, 3.8) is 0 Å². The zero-order valence-corrected chi connectivity index (χ0v) is 26.0. The van der Waals surface area contributed by atoms with E-state index >= 15 is 0 Å². The first-order valence-corrected chi connectivity index (χ1v) is 12.8. The molecular formula is C51HN. The molecule has 1 nitrogen and oxygen atoms in total. The average molecular weight is 628 g/mol. The lowest BCUT2D eigenvalue weighted by atomic mass is 10.4. The van der Waals surface area contributed by atoms with Gasteiger partial charge in [0.25, 0.3) is 0 Å². The molecule has 1 heteroatoms. The van der Waals surface area contributed by atoms with Crippen LogP contribution in [0, 0.1) is 308 Å². The molecule has 0 heterocycles. The van der Waals surface area contributed by atoms with Crippen molar-refractivity contribution >= 4 is 0 Å². The Morgan fingerprint density at radius 1 is 0.154 bits per heavy atom. The van der Waals surface area contributed by atoms with E-state index in [0.29, 0.717) is 0 Å². The molecule has 0 saturated heterocycles. The second-order valence-corrected chi connectivity index (χ2v) is 6.26.